The van der Waals surface area contributed by atoms with Gasteiger partial charge in [-0.25, -0.2) is 0 Å². The first-order chi connectivity index (χ1) is 8.84. The van der Waals surface area contributed by atoms with Crippen molar-refractivity contribution in [3.63, 3.8) is 0 Å². The van der Waals surface area contributed by atoms with E-state index >= 15 is 0 Å². The highest BCUT2D eigenvalue weighted by molar-refractivity contribution is 7.08. The lowest BCUT2D eigenvalue weighted by Crippen LogP contribution is -2.03. The van der Waals surface area contributed by atoms with Gasteiger partial charge in [-0.05, 0) is 33.8 Å². The molecule has 0 radical (unpaired) electrons. The van der Waals surface area contributed by atoms with Crippen molar-refractivity contribution in [1.29, 1.82) is 0 Å². The Kier molecular flexibility index (Phi) is 2.90. The molecule has 0 aliphatic carbocycles. The van der Waals surface area contributed by atoms with Gasteiger partial charge in [-0.1, -0.05) is 18.2 Å². The Labute approximate surface area is 109 Å². The van der Waals surface area contributed by atoms with Crippen LogP contribution < -0.4 is 0 Å². The van der Waals surface area contributed by atoms with Crippen LogP contribution in [0.3, 0.4) is 0 Å². The lowest BCUT2D eigenvalue weighted by Gasteiger charge is -2.04. The summed E-state index contributed by atoms with van der Waals surface area (Å²) in [6.45, 7) is 0. The molecular formula is C15H11NOS. The van der Waals surface area contributed by atoms with E-state index in [0.29, 0.717) is 6.42 Å². The smallest absolute Gasteiger partial charge is 0.167 e. The van der Waals surface area contributed by atoms with Crippen molar-refractivity contribution in [2.24, 2.45) is 0 Å². The third-order valence-electron chi connectivity index (χ3n) is 2.93. The van der Waals surface area contributed by atoms with E-state index < -0.39 is 0 Å². The van der Waals surface area contributed by atoms with E-state index in [1.165, 1.54) is 0 Å². The monoisotopic (exact) mass is 253 g/mol. The van der Waals surface area contributed by atoms with Crippen molar-refractivity contribution >= 4 is 27.9 Å². The molecule has 0 unspecified atom stereocenters. The van der Waals surface area contributed by atoms with Crippen LogP contribution in [0.4, 0.5) is 0 Å². The molecule has 2 nitrogen and oxygen atoms in total. The summed E-state index contributed by atoms with van der Waals surface area (Å²) < 4.78 is 0. The molecule has 0 atom stereocenters. The number of carbonyl (C=O) groups is 1. The molecule has 88 valence electrons. The number of pyridine rings is 1. The van der Waals surface area contributed by atoms with Crippen molar-refractivity contribution in [2.45, 2.75) is 6.42 Å². The minimum atomic E-state index is 0.158. The number of hydrogen-bond donors (Lipinski definition) is 0. The first-order valence-electron chi connectivity index (χ1n) is 5.71. The lowest BCUT2D eigenvalue weighted by atomic mass is 9.99. The predicted molar refractivity (Wildman–Crippen MR) is 74.1 cm³/mol. The average molecular weight is 253 g/mol. The van der Waals surface area contributed by atoms with Crippen LogP contribution in [0.15, 0.2) is 53.5 Å². The standard InChI is InChI=1S/C15H11NOS/c17-15(8-11-5-7-18-10-11)14-3-1-2-12-9-16-6-4-13(12)14/h1-7,9-10H,8H2. The minimum absolute atomic E-state index is 0.158. The maximum absolute atomic E-state index is 12.3. The summed E-state index contributed by atoms with van der Waals surface area (Å²) in [7, 11) is 0. The lowest BCUT2D eigenvalue weighted by molar-refractivity contribution is 0.0994. The summed E-state index contributed by atoms with van der Waals surface area (Å²) >= 11 is 1.62. The molecule has 3 heteroatoms. The summed E-state index contributed by atoms with van der Waals surface area (Å²) in [6.07, 6.45) is 3.98. The fourth-order valence-electron chi connectivity index (χ4n) is 2.04. The zero-order valence-corrected chi connectivity index (χ0v) is 10.5. The van der Waals surface area contributed by atoms with Gasteiger partial charge in [-0.2, -0.15) is 11.3 Å². The highest BCUT2D eigenvalue weighted by Crippen LogP contribution is 2.19. The van der Waals surface area contributed by atoms with Crippen molar-refractivity contribution in [1.82, 2.24) is 4.98 Å². The number of aromatic nitrogens is 1. The molecule has 18 heavy (non-hydrogen) atoms. The first-order valence-corrected chi connectivity index (χ1v) is 6.66. The molecular weight excluding hydrogens is 242 g/mol. The quantitative estimate of drug-likeness (QED) is 0.666. The third-order valence-corrected chi connectivity index (χ3v) is 3.66. The summed E-state index contributed by atoms with van der Waals surface area (Å²) in [6, 6.07) is 9.66. The summed E-state index contributed by atoms with van der Waals surface area (Å²) in [5.74, 6) is 0.158. The van der Waals surface area contributed by atoms with Crippen LogP contribution in [-0.2, 0) is 6.42 Å². The van der Waals surface area contributed by atoms with Gasteiger partial charge in [0.2, 0.25) is 0 Å². The van der Waals surface area contributed by atoms with Gasteiger partial charge >= 0.3 is 0 Å². The van der Waals surface area contributed by atoms with Gasteiger partial charge in [0.05, 0.1) is 0 Å². The number of fused-ring (bicyclic) bond motifs is 1. The van der Waals surface area contributed by atoms with Gasteiger partial charge in [-0.3, -0.25) is 9.78 Å². The van der Waals surface area contributed by atoms with Crippen LogP contribution in [0.25, 0.3) is 10.8 Å². The topological polar surface area (TPSA) is 30.0 Å². The number of carbonyl (C=O) groups excluding carboxylic acids is 1. The summed E-state index contributed by atoms with van der Waals surface area (Å²) in [4.78, 5) is 16.4. The van der Waals surface area contributed by atoms with E-state index in [1.807, 2.05) is 41.1 Å². The molecule has 3 aromatic rings. The molecule has 0 saturated carbocycles. The molecule has 1 aromatic carbocycles. The van der Waals surface area contributed by atoms with E-state index in [2.05, 4.69) is 4.98 Å². The van der Waals surface area contributed by atoms with E-state index in [9.17, 15) is 4.79 Å². The number of ketones is 1. The highest BCUT2D eigenvalue weighted by Gasteiger charge is 2.10. The summed E-state index contributed by atoms with van der Waals surface area (Å²) in [5, 5.41) is 6.00. The second kappa shape index (κ2) is 4.70. The van der Waals surface area contributed by atoms with Gasteiger partial charge in [0.1, 0.15) is 0 Å². The maximum Gasteiger partial charge on any atom is 0.167 e. The Hall–Kier alpha value is -2.00. The Morgan fingerprint density at radius 2 is 2.17 bits per heavy atom. The third kappa shape index (κ3) is 2.05. The van der Waals surface area contributed by atoms with E-state index in [1.54, 1.807) is 23.7 Å². The SMILES string of the molecule is O=C(Cc1ccsc1)c1cccc2cnccc12. The first kappa shape index (κ1) is 11.1. The maximum atomic E-state index is 12.3. The van der Waals surface area contributed by atoms with Gasteiger partial charge in [0, 0.05) is 29.8 Å². The number of rotatable bonds is 3. The molecule has 0 spiro atoms. The van der Waals surface area contributed by atoms with Crippen molar-refractivity contribution in [3.8, 4) is 0 Å². The zero-order valence-electron chi connectivity index (χ0n) is 9.67. The molecule has 0 amide bonds. The molecule has 2 heterocycles. The number of nitrogens with zero attached hydrogens (tertiary/aromatic N) is 1. The molecule has 0 aliphatic rings. The number of thiophene rings is 1. The van der Waals surface area contributed by atoms with Gasteiger partial charge in [-0.15, -0.1) is 0 Å². The summed E-state index contributed by atoms with van der Waals surface area (Å²) in [5.41, 5.74) is 1.86. The van der Waals surface area contributed by atoms with E-state index in [4.69, 9.17) is 0 Å². The zero-order chi connectivity index (χ0) is 12.4. The molecule has 3 rings (SSSR count). The number of Topliss-reactive ketones (excluding diaryl/α,β-unsaturated/α-hetero) is 1. The van der Waals surface area contributed by atoms with E-state index in [-0.39, 0.29) is 5.78 Å². The Morgan fingerprint density at radius 3 is 3.00 bits per heavy atom. The van der Waals surface area contributed by atoms with Crippen LogP contribution in [0.1, 0.15) is 15.9 Å². The van der Waals surface area contributed by atoms with Gasteiger partial charge < -0.3 is 0 Å². The van der Waals surface area contributed by atoms with Crippen LogP contribution in [0.2, 0.25) is 0 Å². The highest BCUT2D eigenvalue weighted by atomic mass is 32.1. The fourth-order valence-corrected chi connectivity index (χ4v) is 2.71. The molecule has 0 fully saturated rings. The Balaban J connectivity index is 2.01. The van der Waals surface area contributed by atoms with Crippen LogP contribution in [0.5, 0.6) is 0 Å². The molecule has 0 bridgehead atoms. The largest absolute Gasteiger partial charge is 0.294 e. The van der Waals surface area contributed by atoms with Crippen molar-refractivity contribution in [3.05, 3.63) is 64.6 Å². The molecule has 0 saturated heterocycles. The van der Waals surface area contributed by atoms with Crippen molar-refractivity contribution < 1.29 is 4.79 Å². The number of hydrogen-bond acceptors (Lipinski definition) is 3. The van der Waals surface area contributed by atoms with Crippen LogP contribution >= 0.6 is 11.3 Å². The average Bonchev–Trinajstić information content (AvgIpc) is 2.91. The molecule has 2 aromatic heterocycles. The van der Waals surface area contributed by atoms with Crippen molar-refractivity contribution in [2.75, 3.05) is 0 Å². The Bertz CT molecular complexity index is 683. The van der Waals surface area contributed by atoms with Gasteiger partial charge in [0.15, 0.2) is 5.78 Å². The molecule has 0 aliphatic heterocycles. The van der Waals surface area contributed by atoms with Crippen LogP contribution in [0, 0.1) is 0 Å². The normalized spacial score (nSPS) is 10.7. The second-order valence-corrected chi connectivity index (χ2v) is 4.91. The fraction of sp³-hybridized carbons (Fsp3) is 0.0667. The predicted octanol–water partition coefficient (Wildman–Crippen LogP) is 3.72. The Morgan fingerprint density at radius 1 is 1.22 bits per heavy atom. The van der Waals surface area contributed by atoms with Gasteiger partial charge in [0.25, 0.3) is 0 Å². The second-order valence-electron chi connectivity index (χ2n) is 4.13. The number of benzene rings is 1. The van der Waals surface area contributed by atoms with E-state index in [0.717, 1.165) is 21.9 Å². The minimum Gasteiger partial charge on any atom is -0.294 e. The van der Waals surface area contributed by atoms with Crippen LogP contribution in [-0.4, -0.2) is 10.8 Å². The molecule has 0 N–H and O–H groups in total.